The Hall–Kier alpha value is -0.283. The van der Waals surface area contributed by atoms with Gasteiger partial charge in [-0.25, -0.2) is 4.79 Å². The Morgan fingerprint density at radius 3 is 2.10 bits per heavy atom. The van der Waals surface area contributed by atoms with E-state index >= 15 is 0 Å². The van der Waals surface area contributed by atoms with Crippen LogP contribution in [-0.2, 0) is 9.22 Å². The summed E-state index contributed by atoms with van der Waals surface area (Å²) in [6, 6.07) is 0. The topological polar surface area (TPSA) is 26.3 Å². The Morgan fingerprint density at radius 1 is 1.60 bits per heavy atom. The van der Waals surface area contributed by atoms with Crippen LogP contribution < -0.4 is 0 Å². The minimum Gasteiger partial charge on any atom is -0.502 e. The molecule has 0 radical (unpaired) electrons. The quantitative estimate of drug-likeness (QED) is 0.368. The molecule has 0 saturated carbocycles. The van der Waals surface area contributed by atoms with Crippen LogP contribution in [-0.4, -0.2) is 13.6 Å². The second-order valence-electron chi connectivity index (χ2n) is 2.53. The summed E-state index contributed by atoms with van der Waals surface area (Å²) in [7, 11) is -2.22. The number of carbonyl (C=O) groups excluding carboxylic acids is 1. The minimum absolute atomic E-state index is 0.390. The van der Waals surface area contributed by atoms with Crippen LogP contribution in [0.5, 0.6) is 0 Å². The third kappa shape index (κ3) is 4.58. The fourth-order valence-electron chi connectivity index (χ4n) is 0.308. The van der Waals surface area contributed by atoms with E-state index < -0.39 is 13.6 Å². The lowest BCUT2D eigenvalue weighted by Crippen LogP contribution is -2.26. The molecule has 0 fully saturated rings. The van der Waals surface area contributed by atoms with Crippen molar-refractivity contribution < 1.29 is 9.22 Å². The summed E-state index contributed by atoms with van der Waals surface area (Å²) in [5.74, 6) is -0.397. The molecule has 0 amide bonds. The van der Waals surface area contributed by atoms with Crippen molar-refractivity contribution in [1.29, 1.82) is 0 Å². The molecule has 0 aromatic carbocycles. The molecule has 0 aliphatic heterocycles. The first-order valence-corrected chi connectivity index (χ1v) is 6.83. The SMILES string of the molecule is C=C(C)C(=O)O[Si](C)(C)Cl. The van der Waals surface area contributed by atoms with Gasteiger partial charge >= 0.3 is 13.6 Å². The van der Waals surface area contributed by atoms with Crippen molar-refractivity contribution in [2.75, 3.05) is 0 Å². The van der Waals surface area contributed by atoms with Gasteiger partial charge in [-0.05, 0) is 20.0 Å². The van der Waals surface area contributed by atoms with Crippen molar-refractivity contribution in [1.82, 2.24) is 0 Å². The number of carbonyl (C=O) groups is 1. The molecule has 0 bridgehead atoms. The molecule has 2 nitrogen and oxygen atoms in total. The van der Waals surface area contributed by atoms with Crippen LogP contribution in [0.3, 0.4) is 0 Å². The first kappa shape index (κ1) is 9.72. The van der Waals surface area contributed by atoms with E-state index in [1.807, 2.05) is 0 Å². The molecule has 0 rings (SSSR count). The van der Waals surface area contributed by atoms with Crippen molar-refractivity contribution in [3.63, 3.8) is 0 Å². The van der Waals surface area contributed by atoms with E-state index in [1.165, 1.54) is 0 Å². The fraction of sp³-hybridized carbons (Fsp3) is 0.500. The number of rotatable bonds is 2. The predicted octanol–water partition coefficient (Wildman–Crippen LogP) is 2.05. The lowest BCUT2D eigenvalue weighted by Gasteiger charge is -2.13. The van der Waals surface area contributed by atoms with Gasteiger partial charge in [0.15, 0.2) is 0 Å². The van der Waals surface area contributed by atoms with E-state index in [1.54, 1.807) is 20.0 Å². The highest BCUT2D eigenvalue weighted by Crippen LogP contribution is 2.11. The standard InChI is InChI=1S/C6H11ClO2Si/c1-5(2)6(8)9-10(3,4)7/h1H2,2-4H3. The zero-order valence-electron chi connectivity index (χ0n) is 6.40. The van der Waals surface area contributed by atoms with E-state index in [0.717, 1.165) is 0 Å². The van der Waals surface area contributed by atoms with Crippen molar-refractivity contribution in [2.45, 2.75) is 20.0 Å². The van der Waals surface area contributed by atoms with Crippen molar-refractivity contribution in [2.24, 2.45) is 0 Å². The van der Waals surface area contributed by atoms with Gasteiger partial charge in [0, 0.05) is 5.57 Å². The van der Waals surface area contributed by atoms with E-state index in [2.05, 4.69) is 6.58 Å². The molecular formula is C6H11ClO2Si. The van der Waals surface area contributed by atoms with Gasteiger partial charge < -0.3 is 4.43 Å². The van der Waals surface area contributed by atoms with Crippen molar-refractivity contribution in [3.05, 3.63) is 12.2 Å². The summed E-state index contributed by atoms with van der Waals surface area (Å²) in [6.07, 6.45) is 0. The summed E-state index contributed by atoms with van der Waals surface area (Å²) in [5, 5.41) is 0. The van der Waals surface area contributed by atoms with Crippen LogP contribution in [0.2, 0.25) is 13.1 Å². The first-order chi connectivity index (χ1) is 4.33. The molecule has 0 saturated heterocycles. The van der Waals surface area contributed by atoms with Gasteiger partial charge in [-0.3, -0.25) is 0 Å². The van der Waals surface area contributed by atoms with Gasteiger partial charge in [-0.1, -0.05) is 6.58 Å². The Balaban J connectivity index is 3.93. The molecule has 10 heavy (non-hydrogen) atoms. The van der Waals surface area contributed by atoms with Gasteiger partial charge in [-0.15, -0.1) is 11.1 Å². The van der Waals surface area contributed by atoms with Gasteiger partial charge in [-0.2, -0.15) is 0 Å². The summed E-state index contributed by atoms with van der Waals surface area (Å²) >= 11 is 5.73. The molecule has 0 aliphatic carbocycles. The predicted molar refractivity (Wildman–Crippen MR) is 44.2 cm³/mol. The summed E-state index contributed by atoms with van der Waals surface area (Å²) < 4.78 is 4.86. The largest absolute Gasteiger partial charge is 0.502 e. The van der Waals surface area contributed by atoms with E-state index in [4.69, 9.17) is 15.5 Å². The molecule has 0 atom stereocenters. The fourth-order valence-corrected chi connectivity index (χ4v) is 1.13. The third-order valence-electron chi connectivity index (χ3n) is 0.684. The Morgan fingerprint density at radius 2 is 2.00 bits per heavy atom. The lowest BCUT2D eigenvalue weighted by atomic mass is 10.4. The first-order valence-electron chi connectivity index (χ1n) is 2.90. The number of hydrogen-bond donors (Lipinski definition) is 0. The third-order valence-corrected chi connectivity index (χ3v) is 1.59. The Bertz CT molecular complexity index is 160. The Labute approximate surface area is 66.7 Å². The maximum Gasteiger partial charge on any atom is 0.345 e. The highest BCUT2D eigenvalue weighted by atomic mass is 35.6. The molecule has 0 spiro atoms. The molecular weight excluding hydrogens is 168 g/mol. The second kappa shape index (κ2) is 3.21. The maximum absolute atomic E-state index is 10.8. The van der Waals surface area contributed by atoms with Gasteiger partial charge in [0.25, 0.3) is 0 Å². The smallest absolute Gasteiger partial charge is 0.345 e. The molecule has 0 unspecified atom stereocenters. The molecule has 0 N–H and O–H groups in total. The molecule has 0 aromatic rings. The molecule has 58 valence electrons. The highest BCUT2D eigenvalue weighted by molar-refractivity contribution is 7.15. The number of halogens is 1. The second-order valence-corrected chi connectivity index (χ2v) is 8.19. The number of hydrogen-bond acceptors (Lipinski definition) is 2. The van der Waals surface area contributed by atoms with Crippen LogP contribution >= 0.6 is 11.1 Å². The molecule has 0 heterocycles. The van der Waals surface area contributed by atoms with Crippen LogP contribution in [0.1, 0.15) is 6.92 Å². The van der Waals surface area contributed by atoms with Crippen molar-refractivity contribution in [3.8, 4) is 0 Å². The average Bonchev–Trinajstić information content (AvgIpc) is 1.60. The van der Waals surface area contributed by atoms with Crippen LogP contribution in [0.25, 0.3) is 0 Å². The van der Waals surface area contributed by atoms with Crippen LogP contribution in [0.15, 0.2) is 12.2 Å². The van der Waals surface area contributed by atoms with Crippen molar-refractivity contribution >= 4 is 24.7 Å². The van der Waals surface area contributed by atoms with E-state index in [0.29, 0.717) is 5.57 Å². The van der Waals surface area contributed by atoms with Gasteiger partial charge in [0.05, 0.1) is 0 Å². The van der Waals surface area contributed by atoms with Gasteiger partial charge in [0.2, 0.25) is 0 Å². The summed E-state index contributed by atoms with van der Waals surface area (Å²) in [4.78, 5) is 10.8. The maximum atomic E-state index is 10.8. The van der Waals surface area contributed by atoms with Gasteiger partial charge in [0.1, 0.15) is 0 Å². The molecule has 4 heteroatoms. The summed E-state index contributed by atoms with van der Waals surface area (Å²) in [6.45, 7) is 8.49. The minimum atomic E-state index is -2.22. The molecule has 0 aliphatic rings. The van der Waals surface area contributed by atoms with Crippen LogP contribution in [0, 0.1) is 0 Å². The van der Waals surface area contributed by atoms with E-state index in [-0.39, 0.29) is 0 Å². The molecule has 0 aromatic heterocycles. The van der Waals surface area contributed by atoms with Crippen LogP contribution in [0.4, 0.5) is 0 Å². The highest BCUT2D eigenvalue weighted by Gasteiger charge is 2.23. The zero-order chi connectivity index (χ0) is 8.36. The van der Waals surface area contributed by atoms with E-state index in [9.17, 15) is 4.79 Å². The zero-order valence-corrected chi connectivity index (χ0v) is 8.16. The lowest BCUT2D eigenvalue weighted by molar-refractivity contribution is -0.130. The monoisotopic (exact) mass is 178 g/mol. The Kier molecular flexibility index (Phi) is 3.12. The summed E-state index contributed by atoms with van der Waals surface area (Å²) in [5.41, 5.74) is 0.390. The average molecular weight is 179 g/mol. The normalized spacial score (nSPS) is 10.8.